The van der Waals surface area contributed by atoms with Gasteiger partial charge in [0.1, 0.15) is 11.2 Å². The Morgan fingerprint density at radius 3 is 2.83 bits per heavy atom. The molecule has 3 aromatic rings. The van der Waals surface area contributed by atoms with Crippen LogP contribution >= 0.6 is 11.6 Å². The first-order valence-electron chi connectivity index (χ1n) is 7.45. The highest BCUT2D eigenvalue weighted by atomic mass is 35.5. The molecular formula is C16H18ClN5O. The topological polar surface area (TPSA) is 66.8 Å². The molecule has 0 fully saturated rings. The van der Waals surface area contributed by atoms with E-state index >= 15 is 0 Å². The fourth-order valence-corrected chi connectivity index (χ4v) is 2.71. The minimum atomic E-state index is -0.160. The lowest BCUT2D eigenvalue weighted by Crippen LogP contribution is -2.25. The van der Waals surface area contributed by atoms with Crippen molar-refractivity contribution in [1.82, 2.24) is 24.6 Å². The second-order valence-electron chi connectivity index (χ2n) is 5.41. The van der Waals surface area contributed by atoms with E-state index in [0.717, 1.165) is 17.1 Å². The minimum absolute atomic E-state index is 0.160. The Bertz CT molecular complexity index is 886. The third kappa shape index (κ3) is 3.28. The predicted octanol–water partition coefficient (Wildman–Crippen LogP) is 2.33. The molecule has 23 heavy (non-hydrogen) atoms. The van der Waals surface area contributed by atoms with E-state index < -0.39 is 0 Å². The van der Waals surface area contributed by atoms with E-state index in [9.17, 15) is 4.79 Å². The number of benzene rings is 1. The van der Waals surface area contributed by atoms with Gasteiger partial charge in [-0.1, -0.05) is 36.7 Å². The zero-order valence-electron chi connectivity index (χ0n) is 13.1. The smallest absolute Gasteiger partial charge is 0.262 e. The summed E-state index contributed by atoms with van der Waals surface area (Å²) < 4.78 is 1.61. The molecule has 0 atom stereocenters. The highest BCUT2D eigenvalue weighted by molar-refractivity contribution is 6.31. The zero-order chi connectivity index (χ0) is 16.4. The van der Waals surface area contributed by atoms with Gasteiger partial charge in [-0.05, 0) is 18.2 Å². The van der Waals surface area contributed by atoms with E-state index in [-0.39, 0.29) is 5.56 Å². The summed E-state index contributed by atoms with van der Waals surface area (Å²) in [6, 6.07) is 7.77. The molecule has 6 nitrogen and oxygen atoms in total. The number of halogens is 1. The molecule has 0 spiro atoms. The highest BCUT2D eigenvalue weighted by Crippen LogP contribution is 2.17. The summed E-state index contributed by atoms with van der Waals surface area (Å²) in [5.41, 5.74) is 1.49. The first-order chi connectivity index (χ1) is 11.1. The fourth-order valence-electron chi connectivity index (χ4n) is 2.51. The molecular weight excluding hydrogens is 314 g/mol. The third-order valence-corrected chi connectivity index (χ3v) is 4.19. The van der Waals surface area contributed by atoms with Gasteiger partial charge >= 0.3 is 0 Å². The molecule has 0 amide bonds. The highest BCUT2D eigenvalue weighted by Gasteiger charge is 2.12. The van der Waals surface area contributed by atoms with Gasteiger partial charge in [0.05, 0.1) is 12.7 Å². The van der Waals surface area contributed by atoms with Crippen molar-refractivity contribution in [3.8, 4) is 0 Å². The Balaban J connectivity index is 1.86. The molecule has 7 heteroatoms. The molecule has 0 unspecified atom stereocenters. The predicted molar refractivity (Wildman–Crippen MR) is 90.4 cm³/mol. The second kappa shape index (κ2) is 6.52. The Morgan fingerprint density at radius 1 is 1.30 bits per heavy atom. The van der Waals surface area contributed by atoms with Crippen LogP contribution in [-0.4, -0.2) is 31.2 Å². The summed E-state index contributed by atoms with van der Waals surface area (Å²) in [5, 5.41) is 5.33. The third-order valence-electron chi connectivity index (χ3n) is 3.82. The minimum Gasteiger partial charge on any atom is -0.309 e. The van der Waals surface area contributed by atoms with E-state index in [4.69, 9.17) is 11.6 Å². The normalized spacial score (nSPS) is 11.5. The fraction of sp³-hybridized carbons (Fsp3) is 0.312. The van der Waals surface area contributed by atoms with Gasteiger partial charge in [-0.3, -0.25) is 14.4 Å². The van der Waals surface area contributed by atoms with Gasteiger partial charge in [0, 0.05) is 18.6 Å². The van der Waals surface area contributed by atoms with Crippen molar-refractivity contribution in [2.45, 2.75) is 20.0 Å². The number of fused-ring (bicyclic) bond motifs is 1. The largest absolute Gasteiger partial charge is 0.309 e. The van der Waals surface area contributed by atoms with Crippen LogP contribution in [0, 0.1) is 0 Å². The molecule has 2 aromatic heterocycles. The Labute approximate surface area is 138 Å². The molecule has 0 radical (unpaired) electrons. The van der Waals surface area contributed by atoms with Gasteiger partial charge in [-0.25, -0.2) is 4.98 Å². The van der Waals surface area contributed by atoms with Crippen molar-refractivity contribution in [1.29, 1.82) is 0 Å². The summed E-state index contributed by atoms with van der Waals surface area (Å²) >= 11 is 6.23. The Hall–Kier alpha value is -2.18. The standard InChI is InChI=1S/C16H18ClN5O/c1-3-22(9-11-6-4-5-7-13(11)17)10-14-19-15-12(16(23)20-14)8-18-21(15)2/h4-8H,3,9-10H2,1-2H3,(H,19,20,23). The average molecular weight is 332 g/mol. The van der Waals surface area contributed by atoms with E-state index in [1.165, 1.54) is 6.20 Å². The number of hydrogen-bond acceptors (Lipinski definition) is 4. The number of hydrogen-bond donors (Lipinski definition) is 1. The van der Waals surface area contributed by atoms with Crippen LogP contribution in [0.15, 0.2) is 35.3 Å². The van der Waals surface area contributed by atoms with Crippen molar-refractivity contribution in [3.05, 3.63) is 57.2 Å². The first-order valence-corrected chi connectivity index (χ1v) is 7.83. The average Bonchev–Trinajstić information content (AvgIpc) is 2.91. The maximum atomic E-state index is 12.1. The van der Waals surface area contributed by atoms with E-state index in [1.807, 2.05) is 24.3 Å². The molecule has 0 bridgehead atoms. The molecule has 2 heterocycles. The molecule has 0 aliphatic rings. The van der Waals surface area contributed by atoms with E-state index in [0.29, 0.717) is 29.9 Å². The summed E-state index contributed by atoms with van der Waals surface area (Å²) in [5.74, 6) is 0.625. The molecule has 1 aromatic carbocycles. The van der Waals surface area contributed by atoms with Gasteiger partial charge in [0.25, 0.3) is 5.56 Å². The van der Waals surface area contributed by atoms with Crippen LogP contribution in [0.1, 0.15) is 18.3 Å². The number of aryl methyl sites for hydroxylation is 1. The van der Waals surface area contributed by atoms with Crippen LogP contribution in [0.2, 0.25) is 5.02 Å². The molecule has 1 N–H and O–H groups in total. The maximum Gasteiger partial charge on any atom is 0.262 e. The van der Waals surface area contributed by atoms with Crippen LogP contribution in [0.3, 0.4) is 0 Å². The summed E-state index contributed by atoms with van der Waals surface area (Å²) in [6.45, 7) is 4.12. The van der Waals surface area contributed by atoms with Crippen LogP contribution in [0.5, 0.6) is 0 Å². The Kier molecular flexibility index (Phi) is 4.45. The van der Waals surface area contributed by atoms with Crippen LogP contribution in [-0.2, 0) is 20.1 Å². The summed E-state index contributed by atoms with van der Waals surface area (Å²) in [4.78, 5) is 21.6. The van der Waals surface area contributed by atoms with Gasteiger partial charge < -0.3 is 4.98 Å². The molecule has 0 saturated carbocycles. The first kappa shape index (κ1) is 15.7. The van der Waals surface area contributed by atoms with Crippen molar-refractivity contribution >= 4 is 22.6 Å². The molecule has 0 aliphatic carbocycles. The lowest BCUT2D eigenvalue weighted by atomic mass is 10.2. The van der Waals surface area contributed by atoms with Crippen LogP contribution in [0.25, 0.3) is 11.0 Å². The summed E-state index contributed by atoms with van der Waals surface area (Å²) in [6.07, 6.45) is 1.53. The quantitative estimate of drug-likeness (QED) is 0.779. The maximum absolute atomic E-state index is 12.1. The van der Waals surface area contributed by atoms with Crippen molar-refractivity contribution in [2.75, 3.05) is 6.54 Å². The van der Waals surface area contributed by atoms with Crippen molar-refractivity contribution in [2.24, 2.45) is 7.05 Å². The van der Waals surface area contributed by atoms with Gasteiger partial charge in [-0.2, -0.15) is 5.10 Å². The lowest BCUT2D eigenvalue weighted by Gasteiger charge is -2.20. The van der Waals surface area contributed by atoms with Crippen LogP contribution in [0.4, 0.5) is 0 Å². The monoisotopic (exact) mass is 331 g/mol. The second-order valence-corrected chi connectivity index (χ2v) is 5.82. The molecule has 120 valence electrons. The number of aromatic nitrogens is 4. The molecule has 0 aliphatic heterocycles. The molecule has 0 saturated heterocycles. The summed E-state index contributed by atoms with van der Waals surface area (Å²) in [7, 11) is 1.78. The number of nitrogens with one attached hydrogen (secondary N) is 1. The molecule has 3 rings (SSSR count). The lowest BCUT2D eigenvalue weighted by molar-refractivity contribution is 0.264. The van der Waals surface area contributed by atoms with Gasteiger partial charge in [0.15, 0.2) is 5.65 Å². The van der Waals surface area contributed by atoms with Gasteiger partial charge in [0.2, 0.25) is 0 Å². The van der Waals surface area contributed by atoms with E-state index in [1.54, 1.807) is 11.7 Å². The van der Waals surface area contributed by atoms with Gasteiger partial charge in [-0.15, -0.1) is 0 Å². The Morgan fingerprint density at radius 2 is 2.09 bits per heavy atom. The zero-order valence-corrected chi connectivity index (χ0v) is 13.8. The number of H-pyrrole nitrogens is 1. The number of aromatic amines is 1. The number of nitrogens with zero attached hydrogens (tertiary/aromatic N) is 4. The van der Waals surface area contributed by atoms with Crippen molar-refractivity contribution in [3.63, 3.8) is 0 Å². The number of rotatable bonds is 5. The SMILES string of the molecule is CCN(Cc1nc2c(cnn2C)c(=O)[nH]1)Cc1ccccc1Cl. The van der Waals surface area contributed by atoms with Crippen LogP contribution < -0.4 is 5.56 Å². The van der Waals surface area contributed by atoms with Crippen molar-refractivity contribution < 1.29 is 0 Å². The van der Waals surface area contributed by atoms with E-state index in [2.05, 4.69) is 26.9 Å².